The molecule has 5 nitrogen and oxygen atoms in total. The van der Waals surface area contributed by atoms with E-state index in [-0.39, 0.29) is 0 Å². The summed E-state index contributed by atoms with van der Waals surface area (Å²) in [5.41, 5.74) is 2.90. The van der Waals surface area contributed by atoms with Gasteiger partial charge in [0.05, 0.1) is 29.8 Å². The summed E-state index contributed by atoms with van der Waals surface area (Å²) in [6, 6.07) is 7.57. The van der Waals surface area contributed by atoms with E-state index >= 15 is 0 Å². The predicted molar refractivity (Wildman–Crippen MR) is 79.2 cm³/mol. The van der Waals surface area contributed by atoms with Gasteiger partial charge in [0.15, 0.2) is 0 Å². The first-order chi connectivity index (χ1) is 9.72. The second-order valence-electron chi connectivity index (χ2n) is 4.46. The number of nitrogens with one attached hydrogen (secondary N) is 2. The van der Waals surface area contributed by atoms with E-state index in [0.29, 0.717) is 11.6 Å². The number of benzene rings is 1. The zero-order valence-corrected chi connectivity index (χ0v) is 11.7. The Bertz CT molecular complexity index is 702. The average Bonchev–Trinajstić information content (AvgIpc) is 3.08. The van der Waals surface area contributed by atoms with Crippen molar-refractivity contribution < 1.29 is 0 Å². The summed E-state index contributed by atoms with van der Waals surface area (Å²) >= 11 is 6.07. The summed E-state index contributed by atoms with van der Waals surface area (Å²) in [5.74, 6) is 0.903. The van der Waals surface area contributed by atoms with E-state index < -0.39 is 0 Å². The van der Waals surface area contributed by atoms with E-state index in [0.717, 1.165) is 22.9 Å². The lowest BCUT2D eigenvalue weighted by Crippen LogP contribution is -2.05. The van der Waals surface area contributed by atoms with Crippen molar-refractivity contribution in [3.63, 3.8) is 0 Å². The standard InChI is InChI=1S/C14H14ClN5/c1-10-16-8-12(19-10)9-17-13-7-11(15)3-4-14(13)20-6-2-5-18-20/h2-8,17H,9H2,1H3,(H,16,19). The van der Waals surface area contributed by atoms with Gasteiger partial charge in [0.1, 0.15) is 5.82 Å². The smallest absolute Gasteiger partial charge is 0.103 e. The molecule has 2 heterocycles. The third-order valence-corrected chi connectivity index (χ3v) is 3.17. The highest BCUT2D eigenvalue weighted by Crippen LogP contribution is 2.24. The number of aromatic amines is 1. The van der Waals surface area contributed by atoms with Crippen molar-refractivity contribution in [3.05, 3.63) is 59.4 Å². The van der Waals surface area contributed by atoms with Crippen LogP contribution in [0.4, 0.5) is 5.69 Å². The van der Waals surface area contributed by atoms with Gasteiger partial charge in [-0.3, -0.25) is 0 Å². The Hall–Kier alpha value is -2.27. The second kappa shape index (κ2) is 5.38. The van der Waals surface area contributed by atoms with Gasteiger partial charge in [0.25, 0.3) is 0 Å². The van der Waals surface area contributed by atoms with Crippen molar-refractivity contribution >= 4 is 17.3 Å². The van der Waals surface area contributed by atoms with Gasteiger partial charge in [0.2, 0.25) is 0 Å². The van der Waals surface area contributed by atoms with E-state index in [1.54, 1.807) is 10.9 Å². The normalized spacial score (nSPS) is 10.7. The predicted octanol–water partition coefficient (Wildman–Crippen LogP) is 3.17. The lowest BCUT2D eigenvalue weighted by atomic mass is 10.2. The van der Waals surface area contributed by atoms with Gasteiger partial charge in [-0.2, -0.15) is 5.10 Å². The van der Waals surface area contributed by atoms with E-state index in [1.807, 2.05) is 43.6 Å². The van der Waals surface area contributed by atoms with Gasteiger partial charge in [-0.15, -0.1) is 0 Å². The van der Waals surface area contributed by atoms with E-state index in [1.165, 1.54) is 0 Å². The van der Waals surface area contributed by atoms with E-state index in [2.05, 4.69) is 20.4 Å². The summed E-state index contributed by atoms with van der Waals surface area (Å²) in [7, 11) is 0. The molecule has 6 heteroatoms. The van der Waals surface area contributed by atoms with Crippen LogP contribution in [0.5, 0.6) is 0 Å². The quantitative estimate of drug-likeness (QED) is 0.775. The van der Waals surface area contributed by atoms with Crippen molar-refractivity contribution in [2.45, 2.75) is 13.5 Å². The average molecular weight is 288 g/mol. The molecule has 0 saturated heterocycles. The lowest BCUT2D eigenvalue weighted by molar-refractivity contribution is 0.878. The van der Waals surface area contributed by atoms with E-state index in [4.69, 9.17) is 11.6 Å². The molecule has 3 rings (SSSR count). The fraction of sp³-hybridized carbons (Fsp3) is 0.143. The van der Waals surface area contributed by atoms with Gasteiger partial charge in [-0.05, 0) is 31.2 Å². The third kappa shape index (κ3) is 2.67. The fourth-order valence-corrected chi connectivity index (χ4v) is 2.18. The highest BCUT2D eigenvalue weighted by molar-refractivity contribution is 6.31. The molecule has 0 aliphatic carbocycles. The van der Waals surface area contributed by atoms with Crippen molar-refractivity contribution in [2.75, 3.05) is 5.32 Å². The lowest BCUT2D eigenvalue weighted by Gasteiger charge is -2.12. The number of hydrogen-bond donors (Lipinski definition) is 2. The van der Waals surface area contributed by atoms with Crippen LogP contribution >= 0.6 is 11.6 Å². The molecule has 0 spiro atoms. The minimum atomic E-state index is 0.648. The number of H-pyrrole nitrogens is 1. The maximum absolute atomic E-state index is 6.07. The topological polar surface area (TPSA) is 58.5 Å². The first-order valence-corrected chi connectivity index (χ1v) is 6.64. The number of aryl methyl sites for hydroxylation is 1. The summed E-state index contributed by atoms with van der Waals surface area (Å²) in [5, 5.41) is 8.29. The van der Waals surface area contributed by atoms with Crippen LogP contribution in [0.15, 0.2) is 42.9 Å². The molecule has 0 amide bonds. The maximum Gasteiger partial charge on any atom is 0.103 e. The zero-order valence-electron chi connectivity index (χ0n) is 11.0. The van der Waals surface area contributed by atoms with Crippen LogP contribution in [-0.2, 0) is 6.54 Å². The molecule has 0 bridgehead atoms. The van der Waals surface area contributed by atoms with E-state index in [9.17, 15) is 0 Å². The minimum Gasteiger partial charge on any atom is -0.378 e. The third-order valence-electron chi connectivity index (χ3n) is 2.93. The first kappa shape index (κ1) is 12.7. The van der Waals surface area contributed by atoms with Crippen molar-refractivity contribution in [1.29, 1.82) is 0 Å². The van der Waals surface area contributed by atoms with Crippen LogP contribution in [-0.4, -0.2) is 19.7 Å². The molecule has 0 atom stereocenters. The number of anilines is 1. The summed E-state index contributed by atoms with van der Waals surface area (Å²) in [6.07, 6.45) is 5.46. The largest absolute Gasteiger partial charge is 0.378 e. The molecule has 1 aromatic carbocycles. The molecule has 0 radical (unpaired) electrons. The van der Waals surface area contributed by atoms with Crippen LogP contribution < -0.4 is 5.32 Å². The van der Waals surface area contributed by atoms with Crippen LogP contribution in [0, 0.1) is 6.92 Å². The molecule has 2 N–H and O–H groups in total. The van der Waals surface area contributed by atoms with Gasteiger partial charge in [-0.25, -0.2) is 9.67 Å². The Kier molecular flexibility index (Phi) is 3.43. The first-order valence-electron chi connectivity index (χ1n) is 6.26. The Morgan fingerprint density at radius 3 is 3.00 bits per heavy atom. The number of halogens is 1. The highest BCUT2D eigenvalue weighted by atomic mass is 35.5. The van der Waals surface area contributed by atoms with Crippen LogP contribution in [0.25, 0.3) is 5.69 Å². The minimum absolute atomic E-state index is 0.648. The molecule has 3 aromatic rings. The molecule has 20 heavy (non-hydrogen) atoms. The number of imidazole rings is 1. The Morgan fingerprint density at radius 1 is 1.40 bits per heavy atom. The van der Waals surface area contributed by atoms with Crippen molar-refractivity contribution in [2.24, 2.45) is 0 Å². The van der Waals surface area contributed by atoms with Crippen LogP contribution in [0.3, 0.4) is 0 Å². The van der Waals surface area contributed by atoms with Gasteiger partial charge in [0, 0.05) is 17.4 Å². The molecule has 0 saturated carbocycles. The SMILES string of the molecule is Cc1ncc(CNc2cc(Cl)ccc2-n2cccn2)[nH]1. The van der Waals surface area contributed by atoms with Crippen molar-refractivity contribution in [1.82, 2.24) is 19.7 Å². The summed E-state index contributed by atoms with van der Waals surface area (Å²) < 4.78 is 1.80. The Balaban J connectivity index is 1.86. The molecule has 0 fully saturated rings. The molecule has 102 valence electrons. The molecule has 0 aliphatic rings. The zero-order chi connectivity index (χ0) is 13.9. The number of hydrogen-bond acceptors (Lipinski definition) is 3. The van der Waals surface area contributed by atoms with Gasteiger partial charge in [-0.1, -0.05) is 11.6 Å². The molecular weight excluding hydrogens is 274 g/mol. The molecular formula is C14H14ClN5. The Morgan fingerprint density at radius 2 is 2.30 bits per heavy atom. The maximum atomic E-state index is 6.07. The highest BCUT2D eigenvalue weighted by Gasteiger charge is 2.06. The molecule has 0 aliphatic heterocycles. The number of aromatic nitrogens is 4. The van der Waals surface area contributed by atoms with Crippen molar-refractivity contribution in [3.8, 4) is 5.69 Å². The monoisotopic (exact) mass is 287 g/mol. The Labute approximate surface area is 121 Å². The van der Waals surface area contributed by atoms with Crippen LogP contribution in [0.2, 0.25) is 5.02 Å². The summed E-state index contributed by atoms with van der Waals surface area (Å²) in [4.78, 5) is 7.37. The second-order valence-corrected chi connectivity index (χ2v) is 4.90. The fourth-order valence-electron chi connectivity index (χ4n) is 2.01. The molecule has 0 unspecified atom stereocenters. The number of rotatable bonds is 4. The summed E-state index contributed by atoms with van der Waals surface area (Å²) in [6.45, 7) is 2.58. The van der Waals surface area contributed by atoms with Gasteiger partial charge >= 0.3 is 0 Å². The molecule has 2 aromatic heterocycles. The van der Waals surface area contributed by atoms with Gasteiger partial charge < -0.3 is 10.3 Å². The van der Waals surface area contributed by atoms with Crippen LogP contribution in [0.1, 0.15) is 11.5 Å². The number of nitrogens with zero attached hydrogens (tertiary/aromatic N) is 3.